The lowest BCUT2D eigenvalue weighted by molar-refractivity contribution is -0.142. The second-order valence-corrected chi connectivity index (χ2v) is 3.20. The Morgan fingerprint density at radius 1 is 1.62 bits per heavy atom. The molecule has 6 heteroatoms. The summed E-state index contributed by atoms with van der Waals surface area (Å²) in [6.45, 7) is 4.22. The van der Waals surface area contributed by atoms with Crippen LogP contribution in [0.5, 0.6) is 0 Å². The Kier molecular flexibility index (Phi) is 4.50. The molecule has 1 rings (SSSR count). The largest absolute Gasteiger partial charge is 0.466 e. The van der Waals surface area contributed by atoms with Gasteiger partial charge in [-0.05, 0) is 13.8 Å². The van der Waals surface area contributed by atoms with Crippen molar-refractivity contribution in [3.63, 3.8) is 0 Å². The maximum absolute atomic E-state index is 11.1. The molecule has 0 atom stereocenters. The van der Waals surface area contributed by atoms with Crippen molar-refractivity contribution >= 4 is 11.8 Å². The molecule has 0 saturated carbocycles. The van der Waals surface area contributed by atoms with E-state index in [1.54, 1.807) is 13.8 Å². The van der Waals surface area contributed by atoms with Gasteiger partial charge in [0.15, 0.2) is 0 Å². The number of aryl methyl sites for hydroxylation is 1. The Hall–Kier alpha value is -1.85. The van der Waals surface area contributed by atoms with Crippen LogP contribution in [0, 0.1) is 6.92 Å². The van der Waals surface area contributed by atoms with Crippen LogP contribution in [-0.2, 0) is 9.53 Å². The average molecular weight is 225 g/mol. The number of hydrogen-bond acceptors (Lipinski definition) is 5. The maximum atomic E-state index is 11.1. The van der Waals surface area contributed by atoms with Crippen LogP contribution in [0.15, 0.2) is 10.9 Å². The van der Waals surface area contributed by atoms with Crippen molar-refractivity contribution in [3.05, 3.63) is 22.2 Å². The van der Waals surface area contributed by atoms with E-state index in [2.05, 4.69) is 15.3 Å². The molecule has 1 aromatic heterocycles. The minimum atomic E-state index is -0.267. The molecule has 0 aromatic carbocycles. The Bertz CT molecular complexity index is 414. The molecule has 0 spiro atoms. The van der Waals surface area contributed by atoms with Crippen LogP contribution >= 0.6 is 0 Å². The van der Waals surface area contributed by atoms with Crippen LogP contribution in [0.3, 0.4) is 0 Å². The van der Waals surface area contributed by atoms with Crippen LogP contribution in [-0.4, -0.2) is 29.1 Å². The van der Waals surface area contributed by atoms with Crippen molar-refractivity contribution in [3.8, 4) is 0 Å². The summed E-state index contributed by atoms with van der Waals surface area (Å²) in [6, 6.07) is 1.35. The molecule has 1 aromatic rings. The summed E-state index contributed by atoms with van der Waals surface area (Å²) in [7, 11) is 0. The van der Waals surface area contributed by atoms with Crippen LogP contribution in [0.25, 0.3) is 0 Å². The van der Waals surface area contributed by atoms with E-state index in [0.29, 0.717) is 24.8 Å². The normalized spacial score (nSPS) is 9.88. The molecular formula is C10H15N3O3. The van der Waals surface area contributed by atoms with Gasteiger partial charge in [0.25, 0.3) is 5.56 Å². The first-order chi connectivity index (χ1) is 7.61. The molecule has 0 fully saturated rings. The van der Waals surface area contributed by atoms with E-state index < -0.39 is 0 Å². The van der Waals surface area contributed by atoms with Crippen LogP contribution < -0.4 is 10.9 Å². The van der Waals surface area contributed by atoms with Crippen molar-refractivity contribution < 1.29 is 9.53 Å². The number of carbonyl (C=O) groups excluding carboxylic acids is 1. The van der Waals surface area contributed by atoms with Gasteiger partial charge in [0.2, 0.25) is 0 Å². The van der Waals surface area contributed by atoms with Gasteiger partial charge in [0.1, 0.15) is 11.6 Å². The topological polar surface area (TPSA) is 84.1 Å². The first-order valence-electron chi connectivity index (χ1n) is 5.09. The minimum Gasteiger partial charge on any atom is -0.466 e. The number of rotatable bonds is 5. The highest BCUT2D eigenvalue weighted by molar-refractivity contribution is 5.69. The Morgan fingerprint density at radius 2 is 2.38 bits per heavy atom. The van der Waals surface area contributed by atoms with Gasteiger partial charge in [-0.2, -0.15) is 0 Å². The van der Waals surface area contributed by atoms with E-state index in [-0.39, 0.29) is 17.9 Å². The molecule has 0 radical (unpaired) electrons. The SMILES string of the molecule is CCOC(=O)CCNc1cc(=O)[nH]c(C)n1. The number of aromatic nitrogens is 2. The van der Waals surface area contributed by atoms with E-state index in [1.807, 2.05) is 0 Å². The quantitative estimate of drug-likeness (QED) is 0.710. The monoisotopic (exact) mass is 225 g/mol. The summed E-state index contributed by atoms with van der Waals surface area (Å²) in [5, 5.41) is 2.88. The molecule has 0 aliphatic heterocycles. The number of hydrogen-bond donors (Lipinski definition) is 2. The fourth-order valence-corrected chi connectivity index (χ4v) is 1.20. The Balaban J connectivity index is 2.43. The maximum Gasteiger partial charge on any atom is 0.307 e. The predicted molar refractivity (Wildman–Crippen MR) is 59.3 cm³/mol. The smallest absolute Gasteiger partial charge is 0.307 e. The summed E-state index contributed by atoms with van der Waals surface area (Å²) in [6.07, 6.45) is 0.251. The zero-order chi connectivity index (χ0) is 12.0. The number of carbonyl (C=O) groups is 1. The highest BCUT2D eigenvalue weighted by Crippen LogP contribution is 1.98. The minimum absolute atomic E-state index is 0.217. The summed E-state index contributed by atoms with van der Waals surface area (Å²) in [5.74, 6) is 0.730. The van der Waals surface area contributed by atoms with E-state index in [4.69, 9.17) is 4.74 Å². The lowest BCUT2D eigenvalue weighted by Crippen LogP contribution is -2.15. The lowest BCUT2D eigenvalue weighted by atomic mass is 10.4. The van der Waals surface area contributed by atoms with Crippen molar-refractivity contribution in [1.29, 1.82) is 0 Å². The van der Waals surface area contributed by atoms with E-state index >= 15 is 0 Å². The standard InChI is InChI=1S/C10H15N3O3/c1-3-16-10(15)4-5-11-8-6-9(14)13-7(2)12-8/h6H,3-5H2,1-2H3,(H2,11,12,13,14). The molecular weight excluding hydrogens is 210 g/mol. The molecule has 88 valence electrons. The molecule has 0 amide bonds. The predicted octanol–water partition coefficient (Wildman–Crippen LogP) is 0.443. The first-order valence-corrected chi connectivity index (χ1v) is 5.09. The van der Waals surface area contributed by atoms with E-state index in [9.17, 15) is 9.59 Å². The summed E-state index contributed by atoms with van der Waals surface area (Å²) < 4.78 is 4.76. The molecule has 0 saturated heterocycles. The molecule has 1 heterocycles. The van der Waals surface area contributed by atoms with Gasteiger partial charge in [-0.1, -0.05) is 0 Å². The molecule has 0 aliphatic carbocycles. The zero-order valence-corrected chi connectivity index (χ0v) is 9.37. The van der Waals surface area contributed by atoms with Crippen LogP contribution in [0.1, 0.15) is 19.2 Å². The molecule has 2 N–H and O–H groups in total. The Morgan fingerprint density at radius 3 is 3.00 bits per heavy atom. The van der Waals surface area contributed by atoms with Gasteiger partial charge < -0.3 is 15.0 Å². The first kappa shape index (κ1) is 12.2. The number of esters is 1. The molecule has 6 nitrogen and oxygen atoms in total. The van der Waals surface area contributed by atoms with E-state index in [0.717, 1.165) is 0 Å². The summed E-state index contributed by atoms with van der Waals surface area (Å²) in [5.41, 5.74) is -0.217. The van der Waals surface area contributed by atoms with Gasteiger partial charge in [-0.25, -0.2) is 4.98 Å². The third kappa shape index (κ3) is 4.12. The molecule has 0 unspecified atom stereocenters. The average Bonchev–Trinajstić information content (AvgIpc) is 2.16. The second-order valence-electron chi connectivity index (χ2n) is 3.20. The fourth-order valence-electron chi connectivity index (χ4n) is 1.20. The molecule has 16 heavy (non-hydrogen) atoms. The third-order valence-corrected chi connectivity index (χ3v) is 1.80. The highest BCUT2D eigenvalue weighted by atomic mass is 16.5. The summed E-state index contributed by atoms with van der Waals surface area (Å²) >= 11 is 0. The van der Waals surface area contributed by atoms with Crippen molar-refractivity contribution in [2.45, 2.75) is 20.3 Å². The van der Waals surface area contributed by atoms with Gasteiger partial charge in [0.05, 0.1) is 13.0 Å². The number of H-pyrrole nitrogens is 1. The zero-order valence-electron chi connectivity index (χ0n) is 9.37. The molecule has 0 bridgehead atoms. The number of aromatic amines is 1. The fraction of sp³-hybridized carbons (Fsp3) is 0.500. The van der Waals surface area contributed by atoms with Crippen molar-refractivity contribution in [2.24, 2.45) is 0 Å². The van der Waals surface area contributed by atoms with Crippen LogP contribution in [0.2, 0.25) is 0 Å². The third-order valence-electron chi connectivity index (χ3n) is 1.80. The Labute approximate surface area is 93.0 Å². The highest BCUT2D eigenvalue weighted by Gasteiger charge is 2.02. The number of anilines is 1. The van der Waals surface area contributed by atoms with Gasteiger partial charge in [0, 0.05) is 12.6 Å². The van der Waals surface area contributed by atoms with Crippen molar-refractivity contribution in [2.75, 3.05) is 18.5 Å². The summed E-state index contributed by atoms with van der Waals surface area (Å²) in [4.78, 5) is 28.7. The number of ether oxygens (including phenoxy) is 1. The van der Waals surface area contributed by atoms with Gasteiger partial charge >= 0.3 is 5.97 Å². The van der Waals surface area contributed by atoms with Gasteiger partial charge in [-0.15, -0.1) is 0 Å². The van der Waals surface area contributed by atoms with E-state index in [1.165, 1.54) is 6.07 Å². The number of nitrogens with zero attached hydrogens (tertiary/aromatic N) is 1. The molecule has 0 aliphatic rings. The lowest BCUT2D eigenvalue weighted by Gasteiger charge is -2.05. The second kappa shape index (κ2) is 5.89. The number of nitrogens with one attached hydrogen (secondary N) is 2. The van der Waals surface area contributed by atoms with Crippen LogP contribution in [0.4, 0.5) is 5.82 Å². The van der Waals surface area contributed by atoms with Crippen molar-refractivity contribution in [1.82, 2.24) is 9.97 Å². The van der Waals surface area contributed by atoms with Gasteiger partial charge in [-0.3, -0.25) is 9.59 Å².